The number of nitrogens with zero attached hydrogens (tertiary/aromatic N) is 1. The number of hydrogen-bond acceptors (Lipinski definition) is 4. The molecule has 0 aliphatic carbocycles. The predicted octanol–water partition coefficient (Wildman–Crippen LogP) is 5.06. The minimum Gasteiger partial charge on any atom is -0.321 e. The number of hydrogen-bond donors (Lipinski definition) is 1. The molecule has 3 rings (SSSR count). The van der Waals surface area contributed by atoms with Crippen LogP contribution in [-0.2, 0) is 19.4 Å². The summed E-state index contributed by atoms with van der Waals surface area (Å²) in [4.78, 5) is 17.5. The molecule has 1 N–H and O–H groups in total. The van der Waals surface area contributed by atoms with Crippen molar-refractivity contribution in [2.45, 2.75) is 39.7 Å². The largest absolute Gasteiger partial charge is 0.321 e. The number of carbonyl (C=O) groups excluding carboxylic acids is 1. The minimum atomic E-state index is 0.0219. The third-order valence-electron chi connectivity index (χ3n) is 4.74. The number of anilines is 1. The Kier molecular flexibility index (Phi) is 7.17. The molecule has 0 radical (unpaired) electrons. The zero-order valence-corrected chi connectivity index (χ0v) is 17.3. The molecule has 1 aliphatic rings. The van der Waals surface area contributed by atoms with Gasteiger partial charge in [-0.3, -0.25) is 9.69 Å². The summed E-state index contributed by atoms with van der Waals surface area (Å²) >= 11 is 3.67. The van der Waals surface area contributed by atoms with E-state index in [1.807, 2.05) is 23.9 Å². The maximum atomic E-state index is 12.8. The molecule has 0 unspecified atom stereocenters. The van der Waals surface area contributed by atoms with E-state index in [-0.39, 0.29) is 5.91 Å². The van der Waals surface area contributed by atoms with Gasteiger partial charge in [-0.1, -0.05) is 38.5 Å². The minimum absolute atomic E-state index is 0.0219. The molecular weight excluding hydrogens is 360 g/mol. The second-order valence-corrected chi connectivity index (χ2v) is 9.02. The van der Waals surface area contributed by atoms with E-state index in [1.165, 1.54) is 27.5 Å². The van der Waals surface area contributed by atoms with E-state index in [4.69, 9.17) is 0 Å². The molecule has 0 saturated carbocycles. The van der Waals surface area contributed by atoms with Gasteiger partial charge in [-0.05, 0) is 36.1 Å². The Morgan fingerprint density at radius 2 is 1.92 bits per heavy atom. The smallest absolute Gasteiger partial charge is 0.265 e. The molecule has 5 heteroatoms. The van der Waals surface area contributed by atoms with Crippen molar-refractivity contribution < 1.29 is 4.79 Å². The van der Waals surface area contributed by atoms with Gasteiger partial charge in [0, 0.05) is 41.7 Å². The zero-order chi connectivity index (χ0) is 18.4. The van der Waals surface area contributed by atoms with Crippen molar-refractivity contribution in [3.05, 3.63) is 51.2 Å². The Morgan fingerprint density at radius 1 is 1.15 bits per heavy atom. The van der Waals surface area contributed by atoms with Gasteiger partial charge < -0.3 is 5.32 Å². The quantitative estimate of drug-likeness (QED) is 0.719. The van der Waals surface area contributed by atoms with Crippen LogP contribution in [0.3, 0.4) is 0 Å². The summed E-state index contributed by atoms with van der Waals surface area (Å²) in [6.45, 7) is 7.50. The molecule has 0 atom stereocenters. The fraction of sp³-hybridized carbons (Fsp3) is 0.476. The molecule has 2 aromatic rings. The molecular formula is C21H28N2OS2. The summed E-state index contributed by atoms with van der Waals surface area (Å²) < 4.78 is 0. The van der Waals surface area contributed by atoms with Gasteiger partial charge >= 0.3 is 0 Å². The molecule has 1 amide bonds. The number of para-hydroxylation sites is 1. The summed E-state index contributed by atoms with van der Waals surface area (Å²) in [6.07, 6.45) is 3.17. The lowest BCUT2D eigenvalue weighted by Gasteiger charge is -2.27. The number of carbonyl (C=O) groups is 1. The van der Waals surface area contributed by atoms with Crippen LogP contribution in [0.2, 0.25) is 0 Å². The van der Waals surface area contributed by atoms with Crippen LogP contribution in [-0.4, -0.2) is 35.4 Å². The van der Waals surface area contributed by atoms with E-state index >= 15 is 0 Å². The van der Waals surface area contributed by atoms with E-state index in [1.54, 1.807) is 11.3 Å². The maximum absolute atomic E-state index is 12.8. The van der Waals surface area contributed by atoms with Gasteiger partial charge in [0.1, 0.15) is 0 Å². The molecule has 1 aromatic heterocycles. The number of rotatable bonds is 7. The van der Waals surface area contributed by atoms with Gasteiger partial charge in [-0.15, -0.1) is 11.3 Å². The van der Waals surface area contributed by atoms with Crippen LogP contribution < -0.4 is 5.32 Å². The Labute approximate surface area is 165 Å². The van der Waals surface area contributed by atoms with E-state index in [9.17, 15) is 4.79 Å². The van der Waals surface area contributed by atoms with Crippen LogP contribution in [0.1, 0.15) is 45.9 Å². The van der Waals surface area contributed by atoms with Gasteiger partial charge in [0.15, 0.2) is 0 Å². The average Bonchev–Trinajstić information content (AvgIpc) is 3.08. The number of benzene rings is 1. The normalized spacial score (nSPS) is 15.2. The number of nitrogens with one attached hydrogen (secondary N) is 1. The summed E-state index contributed by atoms with van der Waals surface area (Å²) in [7, 11) is 0. The number of thioether (sulfide) groups is 1. The van der Waals surface area contributed by atoms with Crippen molar-refractivity contribution in [2.75, 3.05) is 29.9 Å². The molecule has 1 aromatic carbocycles. The third kappa shape index (κ3) is 4.90. The van der Waals surface area contributed by atoms with E-state index in [0.717, 1.165) is 49.5 Å². The fourth-order valence-electron chi connectivity index (χ4n) is 3.28. The first-order valence-corrected chi connectivity index (χ1v) is 11.5. The molecule has 26 heavy (non-hydrogen) atoms. The van der Waals surface area contributed by atoms with Crippen molar-refractivity contribution in [2.24, 2.45) is 0 Å². The lowest BCUT2D eigenvalue weighted by atomic mass is 10.1. The summed E-state index contributed by atoms with van der Waals surface area (Å²) in [6, 6.07) is 10.3. The van der Waals surface area contributed by atoms with E-state index in [2.05, 4.69) is 42.3 Å². The molecule has 0 spiro atoms. The van der Waals surface area contributed by atoms with Crippen LogP contribution >= 0.6 is 23.1 Å². The molecule has 0 bridgehead atoms. The van der Waals surface area contributed by atoms with Crippen LogP contribution in [0.4, 0.5) is 5.69 Å². The molecule has 1 fully saturated rings. The summed E-state index contributed by atoms with van der Waals surface area (Å²) in [5, 5.41) is 3.16. The highest BCUT2D eigenvalue weighted by atomic mass is 32.2. The highest BCUT2D eigenvalue weighted by molar-refractivity contribution is 7.99. The highest BCUT2D eigenvalue weighted by Crippen LogP contribution is 2.26. The topological polar surface area (TPSA) is 32.3 Å². The van der Waals surface area contributed by atoms with Crippen molar-refractivity contribution in [3.8, 4) is 0 Å². The first-order valence-electron chi connectivity index (χ1n) is 9.52. The monoisotopic (exact) mass is 388 g/mol. The Hall–Kier alpha value is -1.30. The Balaban J connectivity index is 1.73. The molecule has 1 aliphatic heterocycles. The Morgan fingerprint density at radius 3 is 2.65 bits per heavy atom. The maximum Gasteiger partial charge on any atom is 0.265 e. The van der Waals surface area contributed by atoms with Gasteiger partial charge in [0.25, 0.3) is 5.91 Å². The number of aryl methyl sites for hydroxylation is 2. The standard InChI is InChI=1S/C21H28N2OS2/c1-3-7-19-16(4-2)14-20(26-19)21(24)22-18-9-6-5-8-17(18)15-23-10-12-25-13-11-23/h5-6,8-9,14H,3-4,7,10-13,15H2,1-2H3,(H,22,24). The molecule has 3 nitrogen and oxygen atoms in total. The van der Waals surface area contributed by atoms with Crippen molar-refractivity contribution in [1.82, 2.24) is 4.90 Å². The first kappa shape index (κ1) is 19.5. The van der Waals surface area contributed by atoms with Gasteiger partial charge in [-0.25, -0.2) is 0 Å². The predicted molar refractivity (Wildman–Crippen MR) is 115 cm³/mol. The van der Waals surface area contributed by atoms with Gasteiger partial charge in [-0.2, -0.15) is 11.8 Å². The van der Waals surface area contributed by atoms with Crippen LogP contribution in [0, 0.1) is 0 Å². The van der Waals surface area contributed by atoms with Crippen LogP contribution in [0.5, 0.6) is 0 Å². The zero-order valence-electron chi connectivity index (χ0n) is 15.7. The van der Waals surface area contributed by atoms with Crippen molar-refractivity contribution >= 4 is 34.7 Å². The number of amides is 1. The summed E-state index contributed by atoms with van der Waals surface area (Å²) in [5.41, 5.74) is 3.47. The third-order valence-corrected chi connectivity index (χ3v) is 6.92. The molecule has 140 valence electrons. The van der Waals surface area contributed by atoms with Crippen LogP contribution in [0.25, 0.3) is 0 Å². The molecule has 2 heterocycles. The average molecular weight is 389 g/mol. The van der Waals surface area contributed by atoms with Crippen LogP contribution in [0.15, 0.2) is 30.3 Å². The van der Waals surface area contributed by atoms with Gasteiger partial charge in [0.2, 0.25) is 0 Å². The van der Waals surface area contributed by atoms with Crippen molar-refractivity contribution in [1.29, 1.82) is 0 Å². The molecule has 1 saturated heterocycles. The fourth-order valence-corrected chi connectivity index (χ4v) is 5.51. The second-order valence-electron chi connectivity index (χ2n) is 6.66. The summed E-state index contributed by atoms with van der Waals surface area (Å²) in [5.74, 6) is 2.42. The lowest BCUT2D eigenvalue weighted by molar-refractivity contribution is 0.103. The Bertz CT molecular complexity index is 735. The highest BCUT2D eigenvalue weighted by Gasteiger charge is 2.16. The van der Waals surface area contributed by atoms with E-state index < -0.39 is 0 Å². The SMILES string of the molecule is CCCc1sc(C(=O)Nc2ccccc2CN2CCSCC2)cc1CC. The van der Waals surface area contributed by atoms with Gasteiger partial charge in [0.05, 0.1) is 4.88 Å². The van der Waals surface area contributed by atoms with E-state index in [0.29, 0.717) is 0 Å². The number of thiophene rings is 1. The van der Waals surface area contributed by atoms with Crippen molar-refractivity contribution in [3.63, 3.8) is 0 Å². The second kappa shape index (κ2) is 9.58. The first-order chi connectivity index (χ1) is 12.7. The lowest BCUT2D eigenvalue weighted by Crippen LogP contribution is -2.32.